The molecule has 0 spiro atoms. The van der Waals surface area contributed by atoms with E-state index < -0.39 is 0 Å². The molecule has 1 amide bonds. The van der Waals surface area contributed by atoms with Crippen molar-refractivity contribution < 1.29 is 14.3 Å². The molecule has 0 unspecified atom stereocenters. The fraction of sp³-hybridized carbons (Fsp3) is 0.667. The van der Waals surface area contributed by atoms with Crippen LogP contribution in [0.2, 0.25) is 0 Å². The van der Waals surface area contributed by atoms with E-state index in [4.69, 9.17) is 4.74 Å². The fourth-order valence-corrected chi connectivity index (χ4v) is 4.72. The SMILES string of the molecule is C[C@H]1CCCC[C@H]1NC(=O)COC(=O)c1cc2c(s1)CCCC2. The van der Waals surface area contributed by atoms with Gasteiger partial charge in [-0.15, -0.1) is 11.3 Å². The third-order valence-electron chi connectivity index (χ3n) is 4.99. The Morgan fingerprint density at radius 2 is 2.00 bits per heavy atom. The van der Waals surface area contributed by atoms with Crippen molar-refractivity contribution in [1.29, 1.82) is 0 Å². The number of carbonyl (C=O) groups excluding carboxylic acids is 2. The Balaban J connectivity index is 1.48. The summed E-state index contributed by atoms with van der Waals surface area (Å²) in [5, 5.41) is 3.01. The van der Waals surface area contributed by atoms with Gasteiger partial charge in [0.05, 0.1) is 0 Å². The van der Waals surface area contributed by atoms with E-state index in [0.717, 1.165) is 32.1 Å². The van der Waals surface area contributed by atoms with E-state index >= 15 is 0 Å². The minimum absolute atomic E-state index is 0.176. The van der Waals surface area contributed by atoms with Crippen LogP contribution in [0.5, 0.6) is 0 Å². The van der Waals surface area contributed by atoms with Crippen molar-refractivity contribution in [3.05, 3.63) is 21.4 Å². The molecule has 23 heavy (non-hydrogen) atoms. The zero-order valence-corrected chi connectivity index (χ0v) is 14.5. The average molecular weight is 335 g/mol. The van der Waals surface area contributed by atoms with Crippen LogP contribution in [0, 0.1) is 5.92 Å². The largest absolute Gasteiger partial charge is 0.451 e. The summed E-state index contributed by atoms with van der Waals surface area (Å²) in [6.45, 7) is 2.00. The van der Waals surface area contributed by atoms with E-state index in [1.165, 1.54) is 41.0 Å². The number of ether oxygens (including phenoxy) is 1. The Labute approximate surface area is 141 Å². The summed E-state index contributed by atoms with van der Waals surface area (Å²) < 4.78 is 5.20. The monoisotopic (exact) mass is 335 g/mol. The van der Waals surface area contributed by atoms with Gasteiger partial charge in [-0.05, 0) is 56.1 Å². The van der Waals surface area contributed by atoms with Gasteiger partial charge in [0.15, 0.2) is 6.61 Å². The first-order chi connectivity index (χ1) is 11.1. The maximum Gasteiger partial charge on any atom is 0.348 e. The molecule has 1 aromatic rings. The zero-order chi connectivity index (χ0) is 16.2. The van der Waals surface area contributed by atoms with Gasteiger partial charge in [0.25, 0.3) is 5.91 Å². The summed E-state index contributed by atoms with van der Waals surface area (Å²) in [6, 6.07) is 2.17. The van der Waals surface area contributed by atoms with E-state index in [1.807, 2.05) is 6.07 Å². The number of rotatable bonds is 4. The molecule has 1 heterocycles. The Kier molecular flexibility index (Phi) is 5.36. The van der Waals surface area contributed by atoms with Gasteiger partial charge in [-0.25, -0.2) is 4.79 Å². The molecule has 0 aromatic carbocycles. The van der Waals surface area contributed by atoms with Crippen LogP contribution >= 0.6 is 11.3 Å². The standard InChI is InChI=1S/C18H25NO3S/c1-12-6-2-4-8-14(12)19-17(20)11-22-18(21)16-10-13-7-3-5-9-15(13)23-16/h10,12,14H,2-9,11H2,1H3,(H,19,20)/t12-,14+/m0/s1. The highest BCUT2D eigenvalue weighted by atomic mass is 32.1. The number of nitrogens with one attached hydrogen (secondary N) is 1. The molecule has 4 nitrogen and oxygen atoms in total. The summed E-state index contributed by atoms with van der Waals surface area (Å²) >= 11 is 1.52. The molecule has 0 aliphatic heterocycles. The van der Waals surface area contributed by atoms with Crippen LogP contribution in [0.1, 0.15) is 65.6 Å². The molecule has 2 aliphatic carbocycles. The quantitative estimate of drug-likeness (QED) is 0.857. The smallest absolute Gasteiger partial charge is 0.348 e. The summed E-state index contributed by atoms with van der Waals surface area (Å²) in [4.78, 5) is 26.1. The summed E-state index contributed by atoms with van der Waals surface area (Å²) in [7, 11) is 0. The Morgan fingerprint density at radius 1 is 1.22 bits per heavy atom. The molecule has 1 fully saturated rings. The number of esters is 1. The van der Waals surface area contributed by atoms with Crippen molar-refractivity contribution in [2.45, 2.75) is 64.3 Å². The van der Waals surface area contributed by atoms with Gasteiger partial charge >= 0.3 is 5.97 Å². The zero-order valence-electron chi connectivity index (χ0n) is 13.7. The van der Waals surface area contributed by atoms with Gasteiger partial charge in [0, 0.05) is 10.9 Å². The maximum absolute atomic E-state index is 12.1. The van der Waals surface area contributed by atoms with Crippen molar-refractivity contribution in [2.24, 2.45) is 5.92 Å². The number of hydrogen-bond donors (Lipinski definition) is 1. The molecule has 2 aliphatic rings. The molecular weight excluding hydrogens is 310 g/mol. The lowest BCUT2D eigenvalue weighted by molar-refractivity contribution is -0.125. The number of carbonyl (C=O) groups is 2. The highest BCUT2D eigenvalue weighted by Gasteiger charge is 2.24. The first-order valence-electron chi connectivity index (χ1n) is 8.71. The summed E-state index contributed by atoms with van der Waals surface area (Å²) in [6.07, 6.45) is 9.10. The molecule has 0 saturated heterocycles. The number of amides is 1. The first-order valence-corrected chi connectivity index (χ1v) is 9.53. The fourth-order valence-electron chi connectivity index (χ4n) is 3.57. The third kappa shape index (κ3) is 4.14. The van der Waals surface area contributed by atoms with Crippen LogP contribution in [0.15, 0.2) is 6.07 Å². The first kappa shape index (κ1) is 16.5. The second kappa shape index (κ2) is 7.47. The van der Waals surface area contributed by atoms with Gasteiger partial charge in [-0.1, -0.05) is 19.8 Å². The lowest BCUT2D eigenvalue weighted by atomic mass is 9.86. The van der Waals surface area contributed by atoms with Crippen molar-refractivity contribution in [3.8, 4) is 0 Å². The number of aryl methyl sites for hydroxylation is 2. The van der Waals surface area contributed by atoms with Crippen molar-refractivity contribution in [1.82, 2.24) is 5.32 Å². The van der Waals surface area contributed by atoms with Gasteiger partial charge in [0.1, 0.15) is 4.88 Å². The Hall–Kier alpha value is -1.36. The maximum atomic E-state index is 12.1. The van der Waals surface area contributed by atoms with Crippen LogP contribution in [0.3, 0.4) is 0 Å². The minimum atomic E-state index is -0.365. The van der Waals surface area contributed by atoms with Crippen molar-refractivity contribution >= 4 is 23.2 Å². The van der Waals surface area contributed by atoms with Crippen molar-refractivity contribution in [2.75, 3.05) is 6.61 Å². The van der Waals surface area contributed by atoms with Crippen LogP contribution in [-0.2, 0) is 22.4 Å². The van der Waals surface area contributed by atoms with Gasteiger partial charge in [-0.2, -0.15) is 0 Å². The van der Waals surface area contributed by atoms with E-state index in [9.17, 15) is 9.59 Å². The van der Waals surface area contributed by atoms with Crippen molar-refractivity contribution in [3.63, 3.8) is 0 Å². The van der Waals surface area contributed by atoms with Crippen LogP contribution in [0.25, 0.3) is 0 Å². The normalized spacial score (nSPS) is 23.9. The van der Waals surface area contributed by atoms with E-state index in [0.29, 0.717) is 10.8 Å². The molecule has 1 aromatic heterocycles. The molecule has 1 N–H and O–H groups in total. The van der Waals surface area contributed by atoms with E-state index in [2.05, 4.69) is 12.2 Å². The summed E-state index contributed by atoms with van der Waals surface area (Å²) in [5.41, 5.74) is 1.29. The molecule has 0 radical (unpaired) electrons. The number of fused-ring (bicyclic) bond motifs is 1. The van der Waals surface area contributed by atoms with E-state index in [-0.39, 0.29) is 24.5 Å². The molecule has 2 atom stereocenters. The molecule has 5 heteroatoms. The molecule has 1 saturated carbocycles. The number of hydrogen-bond acceptors (Lipinski definition) is 4. The highest BCUT2D eigenvalue weighted by Crippen LogP contribution is 2.30. The number of thiophene rings is 1. The second-order valence-electron chi connectivity index (χ2n) is 6.78. The van der Waals surface area contributed by atoms with Gasteiger partial charge < -0.3 is 10.1 Å². The molecule has 126 valence electrons. The minimum Gasteiger partial charge on any atom is -0.451 e. The Morgan fingerprint density at radius 3 is 2.78 bits per heavy atom. The molecule has 3 rings (SSSR count). The summed E-state index contributed by atoms with van der Waals surface area (Å²) in [5.74, 6) is -0.0397. The lowest BCUT2D eigenvalue weighted by Gasteiger charge is -2.29. The third-order valence-corrected chi connectivity index (χ3v) is 6.21. The predicted molar refractivity (Wildman–Crippen MR) is 90.8 cm³/mol. The molecule has 0 bridgehead atoms. The second-order valence-corrected chi connectivity index (χ2v) is 7.91. The highest BCUT2D eigenvalue weighted by molar-refractivity contribution is 7.14. The van der Waals surface area contributed by atoms with Crippen LogP contribution in [-0.4, -0.2) is 24.5 Å². The van der Waals surface area contributed by atoms with Gasteiger partial charge in [0.2, 0.25) is 0 Å². The van der Waals surface area contributed by atoms with Crippen LogP contribution < -0.4 is 5.32 Å². The molecular formula is C18H25NO3S. The topological polar surface area (TPSA) is 55.4 Å². The van der Waals surface area contributed by atoms with Crippen LogP contribution in [0.4, 0.5) is 0 Å². The van der Waals surface area contributed by atoms with E-state index in [1.54, 1.807) is 0 Å². The van der Waals surface area contributed by atoms with Gasteiger partial charge in [-0.3, -0.25) is 4.79 Å². The lowest BCUT2D eigenvalue weighted by Crippen LogP contribution is -2.42. The predicted octanol–water partition coefficient (Wildman–Crippen LogP) is 3.48. The average Bonchev–Trinajstić information content (AvgIpc) is 2.99. The Bertz CT molecular complexity index is 557.